The zero-order valence-corrected chi connectivity index (χ0v) is 12.5. The van der Waals surface area contributed by atoms with Crippen LogP contribution in [0.15, 0.2) is 60.7 Å². The van der Waals surface area contributed by atoms with Crippen molar-refractivity contribution in [3.63, 3.8) is 0 Å². The van der Waals surface area contributed by atoms with Gasteiger partial charge in [0.15, 0.2) is 0 Å². The molecular formula is C19H22O. The van der Waals surface area contributed by atoms with Crippen LogP contribution < -0.4 is 0 Å². The minimum absolute atomic E-state index is 0.174. The molecule has 104 valence electrons. The number of hydrogen-bond acceptors (Lipinski definition) is 1. The molecule has 0 bridgehead atoms. The third kappa shape index (κ3) is 2.98. The van der Waals surface area contributed by atoms with Gasteiger partial charge in [-0.3, -0.25) is 4.79 Å². The van der Waals surface area contributed by atoms with E-state index in [1.165, 1.54) is 0 Å². The summed E-state index contributed by atoms with van der Waals surface area (Å²) in [7, 11) is 0. The molecule has 0 saturated heterocycles. The number of benzene rings is 2. The van der Waals surface area contributed by atoms with E-state index < -0.39 is 0 Å². The Morgan fingerprint density at radius 3 is 1.65 bits per heavy atom. The zero-order chi connectivity index (χ0) is 14.6. The summed E-state index contributed by atoms with van der Waals surface area (Å²) in [5.74, 6) is 0.116. The van der Waals surface area contributed by atoms with Crippen molar-refractivity contribution >= 4 is 5.78 Å². The maximum absolute atomic E-state index is 13.0. The maximum Gasteiger partial charge on any atom is 0.150 e. The molecule has 20 heavy (non-hydrogen) atoms. The lowest BCUT2D eigenvalue weighted by Crippen LogP contribution is -2.29. The normalized spacial score (nSPS) is 11.6. The number of hydrogen-bond donors (Lipinski definition) is 0. The maximum atomic E-state index is 13.0. The Hall–Kier alpha value is -1.89. The molecule has 0 amide bonds. The lowest BCUT2D eigenvalue weighted by atomic mass is 9.74. The second-order valence-corrected chi connectivity index (χ2v) is 5.86. The van der Waals surface area contributed by atoms with Crippen LogP contribution in [0.3, 0.4) is 0 Å². The molecule has 2 rings (SSSR count). The van der Waals surface area contributed by atoms with Crippen LogP contribution in [-0.4, -0.2) is 5.78 Å². The molecule has 2 aromatic carbocycles. The number of rotatable bonds is 5. The summed E-state index contributed by atoms with van der Waals surface area (Å²) >= 11 is 0. The third-order valence-corrected chi connectivity index (χ3v) is 4.08. The minimum Gasteiger partial charge on any atom is -0.298 e. The van der Waals surface area contributed by atoms with Gasteiger partial charge in [0.1, 0.15) is 5.78 Å². The van der Waals surface area contributed by atoms with Gasteiger partial charge < -0.3 is 0 Å². The predicted molar refractivity (Wildman–Crippen MR) is 83.8 cm³/mol. The summed E-state index contributed by atoms with van der Waals surface area (Å²) in [4.78, 5) is 13.0. The van der Waals surface area contributed by atoms with Gasteiger partial charge in [-0.2, -0.15) is 0 Å². The second-order valence-electron chi connectivity index (χ2n) is 5.86. The van der Waals surface area contributed by atoms with Gasteiger partial charge >= 0.3 is 0 Å². The van der Waals surface area contributed by atoms with Crippen molar-refractivity contribution in [2.45, 2.75) is 33.1 Å². The monoisotopic (exact) mass is 266 g/mol. The quantitative estimate of drug-likeness (QED) is 0.758. The Bertz CT molecular complexity index is 515. The van der Waals surface area contributed by atoms with Crippen LogP contribution in [0.1, 0.15) is 44.2 Å². The molecule has 0 unspecified atom stereocenters. The molecule has 0 radical (unpaired) electrons. The van der Waals surface area contributed by atoms with Crippen molar-refractivity contribution in [3.8, 4) is 0 Å². The Morgan fingerprint density at radius 1 is 0.900 bits per heavy atom. The summed E-state index contributed by atoms with van der Waals surface area (Å²) in [5, 5.41) is 0. The van der Waals surface area contributed by atoms with Gasteiger partial charge in [0, 0.05) is 5.41 Å². The average Bonchev–Trinajstić information content (AvgIpc) is 2.49. The molecular weight excluding hydrogens is 244 g/mol. The molecule has 1 heteroatoms. The average molecular weight is 266 g/mol. The number of Topliss-reactive ketones (excluding diaryl/α,β-unsaturated/α-hetero) is 1. The molecule has 0 atom stereocenters. The number of carbonyl (C=O) groups excluding carboxylic acids is 1. The van der Waals surface area contributed by atoms with Crippen LogP contribution in [0, 0.1) is 5.41 Å². The first-order valence-corrected chi connectivity index (χ1v) is 7.20. The van der Waals surface area contributed by atoms with Crippen molar-refractivity contribution in [3.05, 3.63) is 71.8 Å². The van der Waals surface area contributed by atoms with Crippen LogP contribution in [0.5, 0.6) is 0 Å². The van der Waals surface area contributed by atoms with Crippen molar-refractivity contribution in [2.75, 3.05) is 0 Å². The Kier molecular flexibility index (Phi) is 4.39. The molecule has 0 spiro atoms. The standard InChI is InChI=1S/C19H22O/c1-4-19(2,3)18(20)17(15-11-7-5-8-12-15)16-13-9-6-10-14-16/h5-14,17H,4H2,1-3H3. The van der Waals surface area contributed by atoms with Crippen LogP contribution >= 0.6 is 0 Å². The fourth-order valence-electron chi connectivity index (χ4n) is 2.35. The molecule has 0 N–H and O–H groups in total. The van der Waals surface area contributed by atoms with Gasteiger partial charge in [0.25, 0.3) is 0 Å². The SMILES string of the molecule is CCC(C)(C)C(=O)C(c1ccccc1)c1ccccc1. The van der Waals surface area contributed by atoms with Crippen LogP contribution in [0.25, 0.3) is 0 Å². The van der Waals surface area contributed by atoms with E-state index >= 15 is 0 Å². The molecule has 0 heterocycles. The van der Waals surface area contributed by atoms with Crippen LogP contribution in [0.4, 0.5) is 0 Å². The van der Waals surface area contributed by atoms with E-state index in [-0.39, 0.29) is 17.1 Å². The first kappa shape index (κ1) is 14.5. The smallest absolute Gasteiger partial charge is 0.150 e. The third-order valence-electron chi connectivity index (χ3n) is 4.08. The molecule has 0 saturated carbocycles. The highest BCUT2D eigenvalue weighted by Gasteiger charge is 2.33. The Balaban J connectivity index is 2.49. The van der Waals surface area contributed by atoms with Gasteiger partial charge in [0.05, 0.1) is 5.92 Å². The van der Waals surface area contributed by atoms with E-state index in [9.17, 15) is 4.79 Å². The fourth-order valence-corrected chi connectivity index (χ4v) is 2.35. The Morgan fingerprint density at radius 2 is 1.30 bits per heavy atom. The van der Waals surface area contributed by atoms with Crippen molar-refractivity contribution in [1.82, 2.24) is 0 Å². The highest BCUT2D eigenvalue weighted by atomic mass is 16.1. The van der Waals surface area contributed by atoms with Gasteiger partial charge in [-0.1, -0.05) is 81.4 Å². The van der Waals surface area contributed by atoms with Crippen LogP contribution in [-0.2, 0) is 4.79 Å². The van der Waals surface area contributed by atoms with Crippen molar-refractivity contribution in [1.29, 1.82) is 0 Å². The highest BCUT2D eigenvalue weighted by molar-refractivity contribution is 5.93. The second kappa shape index (κ2) is 6.04. The molecule has 0 aromatic heterocycles. The van der Waals surface area contributed by atoms with Gasteiger partial charge in [-0.15, -0.1) is 0 Å². The lowest BCUT2D eigenvalue weighted by Gasteiger charge is -2.28. The van der Waals surface area contributed by atoms with Crippen molar-refractivity contribution < 1.29 is 4.79 Å². The lowest BCUT2D eigenvalue weighted by molar-refractivity contribution is -0.127. The molecule has 0 fully saturated rings. The van der Waals surface area contributed by atoms with Crippen molar-refractivity contribution in [2.24, 2.45) is 5.41 Å². The molecule has 0 aliphatic carbocycles. The fraction of sp³-hybridized carbons (Fsp3) is 0.316. The molecule has 2 aromatic rings. The summed E-state index contributed by atoms with van der Waals surface area (Å²) in [5.41, 5.74) is 1.84. The van der Waals surface area contributed by atoms with Gasteiger partial charge in [-0.05, 0) is 17.5 Å². The molecule has 1 nitrogen and oxygen atoms in total. The van der Waals surface area contributed by atoms with E-state index in [0.717, 1.165) is 17.5 Å². The molecule has 0 aliphatic rings. The van der Waals surface area contributed by atoms with Gasteiger partial charge in [0.2, 0.25) is 0 Å². The summed E-state index contributed by atoms with van der Waals surface area (Å²) in [6, 6.07) is 20.1. The highest BCUT2D eigenvalue weighted by Crippen LogP contribution is 2.34. The summed E-state index contributed by atoms with van der Waals surface area (Å²) < 4.78 is 0. The molecule has 0 aliphatic heterocycles. The topological polar surface area (TPSA) is 17.1 Å². The van der Waals surface area contributed by atoms with E-state index in [4.69, 9.17) is 0 Å². The largest absolute Gasteiger partial charge is 0.298 e. The zero-order valence-electron chi connectivity index (χ0n) is 12.5. The van der Waals surface area contributed by atoms with Gasteiger partial charge in [-0.25, -0.2) is 0 Å². The Labute approximate surface area is 121 Å². The van der Waals surface area contributed by atoms with E-state index in [1.807, 2.05) is 74.5 Å². The minimum atomic E-state index is -0.309. The number of ketones is 1. The summed E-state index contributed by atoms with van der Waals surface area (Å²) in [6.45, 7) is 6.15. The first-order chi connectivity index (χ1) is 9.56. The first-order valence-electron chi connectivity index (χ1n) is 7.20. The summed E-state index contributed by atoms with van der Waals surface area (Å²) in [6.07, 6.45) is 0.849. The van der Waals surface area contributed by atoms with E-state index in [2.05, 4.69) is 6.92 Å². The van der Waals surface area contributed by atoms with E-state index in [0.29, 0.717) is 0 Å². The number of carbonyl (C=O) groups is 1. The van der Waals surface area contributed by atoms with E-state index in [1.54, 1.807) is 0 Å². The van der Waals surface area contributed by atoms with Crippen LogP contribution in [0.2, 0.25) is 0 Å². The predicted octanol–water partition coefficient (Wildman–Crippen LogP) is 4.82.